The highest BCUT2D eigenvalue weighted by molar-refractivity contribution is 5.25. The van der Waals surface area contributed by atoms with Gasteiger partial charge in [0.1, 0.15) is 0 Å². The predicted molar refractivity (Wildman–Crippen MR) is 130 cm³/mol. The second-order valence-electron chi connectivity index (χ2n) is 13.0. The molecule has 178 valence electrons. The van der Waals surface area contributed by atoms with Crippen molar-refractivity contribution >= 4 is 0 Å². The Morgan fingerprint density at radius 2 is 1.81 bits per heavy atom. The molecule has 3 saturated carbocycles. The number of fused-ring (bicyclic) bond motifs is 5. The van der Waals surface area contributed by atoms with E-state index in [-0.39, 0.29) is 6.10 Å². The standard InChI is InChI=1S/C29H50O2/c1-7-29(31,19(2)3)17-12-20(4)24-10-11-25-23-9-8-21-18-22(30)13-15-27(21,5)26(23)14-16-28(24,25)6/h8,19-20,22-26,30-31H,7,9-18H2,1-6H3/t20-,22+,23+,24-,25+,26+,27+,28-,29?/m1/s1. The Morgan fingerprint density at radius 1 is 1.06 bits per heavy atom. The first kappa shape index (κ1) is 23.8. The molecule has 0 aromatic carbocycles. The second kappa shape index (κ2) is 8.46. The van der Waals surface area contributed by atoms with Gasteiger partial charge < -0.3 is 10.2 Å². The minimum Gasteiger partial charge on any atom is -0.393 e. The van der Waals surface area contributed by atoms with Crippen LogP contribution in [0.3, 0.4) is 0 Å². The van der Waals surface area contributed by atoms with Crippen molar-refractivity contribution in [3.05, 3.63) is 11.6 Å². The van der Waals surface area contributed by atoms with Crippen molar-refractivity contribution in [3.8, 4) is 0 Å². The van der Waals surface area contributed by atoms with E-state index in [9.17, 15) is 10.2 Å². The molecule has 2 N–H and O–H groups in total. The summed E-state index contributed by atoms with van der Waals surface area (Å²) in [5.41, 5.74) is 1.93. The van der Waals surface area contributed by atoms with Gasteiger partial charge in [0.25, 0.3) is 0 Å². The first-order valence-corrected chi connectivity index (χ1v) is 13.6. The molecular formula is C29H50O2. The fourth-order valence-electron chi connectivity index (χ4n) is 9.17. The molecule has 0 amide bonds. The maximum absolute atomic E-state index is 11.1. The number of hydrogen-bond donors (Lipinski definition) is 2. The summed E-state index contributed by atoms with van der Waals surface area (Å²) in [6.07, 6.45) is 15.4. The van der Waals surface area contributed by atoms with Gasteiger partial charge in [-0.15, -0.1) is 0 Å². The van der Waals surface area contributed by atoms with Gasteiger partial charge in [0.15, 0.2) is 0 Å². The molecule has 0 heterocycles. The third kappa shape index (κ3) is 3.86. The van der Waals surface area contributed by atoms with E-state index in [0.29, 0.717) is 22.7 Å². The van der Waals surface area contributed by atoms with Crippen molar-refractivity contribution in [3.63, 3.8) is 0 Å². The SMILES string of the molecule is CCC(O)(CC[C@@H](C)[C@H]1CC[C@H]2[C@@H]3CC=C4C[C@@H](O)CC[C@]4(C)[C@H]3CC[C@]12C)C(C)C. The molecule has 2 nitrogen and oxygen atoms in total. The molecule has 4 aliphatic carbocycles. The Kier molecular flexibility index (Phi) is 6.50. The highest BCUT2D eigenvalue weighted by atomic mass is 16.3. The van der Waals surface area contributed by atoms with Crippen molar-refractivity contribution in [1.29, 1.82) is 0 Å². The van der Waals surface area contributed by atoms with Crippen LogP contribution < -0.4 is 0 Å². The highest BCUT2D eigenvalue weighted by Gasteiger charge is 2.59. The molecule has 4 rings (SSSR count). The first-order valence-electron chi connectivity index (χ1n) is 13.6. The van der Waals surface area contributed by atoms with Crippen LogP contribution in [-0.2, 0) is 0 Å². The van der Waals surface area contributed by atoms with Crippen LogP contribution in [-0.4, -0.2) is 21.9 Å². The molecule has 0 saturated heterocycles. The summed E-state index contributed by atoms with van der Waals surface area (Å²) in [6, 6.07) is 0. The highest BCUT2D eigenvalue weighted by Crippen LogP contribution is 2.67. The quantitative estimate of drug-likeness (QED) is 0.440. The summed E-state index contributed by atoms with van der Waals surface area (Å²) < 4.78 is 0. The van der Waals surface area contributed by atoms with Gasteiger partial charge in [0.2, 0.25) is 0 Å². The van der Waals surface area contributed by atoms with E-state index in [1.165, 1.54) is 44.9 Å². The van der Waals surface area contributed by atoms with E-state index in [0.717, 1.165) is 49.4 Å². The van der Waals surface area contributed by atoms with E-state index in [1.54, 1.807) is 5.57 Å². The summed E-state index contributed by atoms with van der Waals surface area (Å²) in [7, 11) is 0. The molecule has 31 heavy (non-hydrogen) atoms. The summed E-state index contributed by atoms with van der Waals surface area (Å²) in [5, 5.41) is 21.3. The van der Waals surface area contributed by atoms with Crippen LogP contribution in [0.1, 0.15) is 112 Å². The van der Waals surface area contributed by atoms with Gasteiger partial charge in [0, 0.05) is 0 Å². The van der Waals surface area contributed by atoms with Gasteiger partial charge in [-0.05, 0) is 117 Å². The first-order chi connectivity index (χ1) is 14.5. The third-order valence-electron chi connectivity index (χ3n) is 11.6. The minimum atomic E-state index is -0.491. The molecule has 1 unspecified atom stereocenters. The number of aliphatic hydroxyl groups excluding tert-OH is 1. The Balaban J connectivity index is 1.48. The van der Waals surface area contributed by atoms with Crippen molar-refractivity contribution in [1.82, 2.24) is 0 Å². The topological polar surface area (TPSA) is 40.5 Å². The molecule has 2 heteroatoms. The van der Waals surface area contributed by atoms with E-state index >= 15 is 0 Å². The van der Waals surface area contributed by atoms with Gasteiger partial charge in [-0.25, -0.2) is 0 Å². The lowest BCUT2D eigenvalue weighted by Crippen LogP contribution is -2.50. The number of hydrogen-bond acceptors (Lipinski definition) is 2. The molecule has 0 bridgehead atoms. The normalized spacial score (nSPS) is 45.3. The molecule has 0 aromatic heterocycles. The maximum atomic E-state index is 11.1. The Hall–Kier alpha value is -0.340. The zero-order valence-electron chi connectivity index (χ0n) is 21.3. The zero-order valence-corrected chi connectivity index (χ0v) is 21.3. The van der Waals surface area contributed by atoms with Gasteiger partial charge in [-0.1, -0.05) is 53.2 Å². The van der Waals surface area contributed by atoms with Gasteiger partial charge in [-0.2, -0.15) is 0 Å². The van der Waals surface area contributed by atoms with E-state index < -0.39 is 5.60 Å². The van der Waals surface area contributed by atoms with Crippen LogP contribution in [0.25, 0.3) is 0 Å². The lowest BCUT2D eigenvalue weighted by atomic mass is 9.47. The number of rotatable bonds is 6. The summed E-state index contributed by atoms with van der Waals surface area (Å²) in [4.78, 5) is 0. The van der Waals surface area contributed by atoms with Crippen LogP contribution in [0, 0.1) is 46.3 Å². The molecule has 0 aliphatic heterocycles. The Labute approximate surface area is 192 Å². The van der Waals surface area contributed by atoms with Crippen LogP contribution in [0.15, 0.2) is 11.6 Å². The second-order valence-corrected chi connectivity index (χ2v) is 13.0. The summed E-state index contributed by atoms with van der Waals surface area (Å²) >= 11 is 0. The molecule has 9 atom stereocenters. The van der Waals surface area contributed by atoms with Gasteiger partial charge >= 0.3 is 0 Å². The molecule has 0 aromatic rings. The fourth-order valence-corrected chi connectivity index (χ4v) is 9.17. The van der Waals surface area contributed by atoms with Crippen molar-refractivity contribution < 1.29 is 10.2 Å². The van der Waals surface area contributed by atoms with Gasteiger partial charge in [-0.3, -0.25) is 0 Å². The average molecular weight is 431 g/mol. The van der Waals surface area contributed by atoms with Crippen LogP contribution in [0.2, 0.25) is 0 Å². The molecule has 0 spiro atoms. The predicted octanol–water partition coefficient (Wildman–Crippen LogP) is 7.14. The lowest BCUT2D eigenvalue weighted by Gasteiger charge is -2.58. The van der Waals surface area contributed by atoms with Gasteiger partial charge in [0.05, 0.1) is 11.7 Å². The molecule has 0 radical (unpaired) electrons. The average Bonchev–Trinajstić information content (AvgIpc) is 3.09. The summed E-state index contributed by atoms with van der Waals surface area (Å²) in [5.74, 6) is 4.42. The van der Waals surface area contributed by atoms with Crippen molar-refractivity contribution in [2.45, 2.75) is 124 Å². The monoisotopic (exact) mass is 430 g/mol. The molecular weight excluding hydrogens is 380 g/mol. The van der Waals surface area contributed by atoms with Crippen LogP contribution in [0.5, 0.6) is 0 Å². The van der Waals surface area contributed by atoms with E-state index in [2.05, 4.69) is 47.6 Å². The minimum absolute atomic E-state index is 0.103. The Bertz CT molecular complexity index is 682. The number of allylic oxidation sites excluding steroid dienone is 1. The van der Waals surface area contributed by atoms with Crippen molar-refractivity contribution in [2.75, 3.05) is 0 Å². The largest absolute Gasteiger partial charge is 0.393 e. The Morgan fingerprint density at radius 3 is 2.48 bits per heavy atom. The van der Waals surface area contributed by atoms with E-state index in [4.69, 9.17) is 0 Å². The smallest absolute Gasteiger partial charge is 0.0668 e. The maximum Gasteiger partial charge on any atom is 0.0668 e. The summed E-state index contributed by atoms with van der Waals surface area (Å²) in [6.45, 7) is 14.2. The molecule has 4 aliphatic rings. The van der Waals surface area contributed by atoms with Crippen molar-refractivity contribution in [2.24, 2.45) is 46.3 Å². The third-order valence-corrected chi connectivity index (χ3v) is 11.6. The fraction of sp³-hybridized carbons (Fsp3) is 0.931. The van der Waals surface area contributed by atoms with Crippen LogP contribution in [0.4, 0.5) is 0 Å². The van der Waals surface area contributed by atoms with Crippen LogP contribution >= 0.6 is 0 Å². The number of aliphatic hydroxyl groups is 2. The van der Waals surface area contributed by atoms with E-state index in [1.807, 2.05) is 0 Å². The molecule has 3 fully saturated rings. The lowest BCUT2D eigenvalue weighted by molar-refractivity contribution is -0.0615. The zero-order chi connectivity index (χ0) is 22.6.